The maximum Gasteiger partial charge on any atom is 0.0762 e. The second-order valence-corrected chi connectivity index (χ2v) is 5.47. The highest BCUT2D eigenvalue weighted by atomic mass is 32.1. The first-order valence-corrected chi connectivity index (χ1v) is 7.41. The molecule has 0 saturated carbocycles. The topological polar surface area (TPSA) is 29.9 Å². The van der Waals surface area contributed by atoms with Crippen LogP contribution < -0.4 is 5.32 Å². The molecule has 2 heterocycles. The smallest absolute Gasteiger partial charge is 0.0762 e. The summed E-state index contributed by atoms with van der Waals surface area (Å²) in [5, 5.41) is 12.4. The predicted octanol–water partition coefficient (Wildman–Crippen LogP) is 3.51. The van der Waals surface area contributed by atoms with E-state index in [4.69, 9.17) is 0 Å². The van der Waals surface area contributed by atoms with Crippen LogP contribution >= 0.6 is 11.3 Å². The Labute approximate surface area is 113 Å². The predicted molar refractivity (Wildman–Crippen MR) is 76.8 cm³/mol. The molecule has 2 rings (SSSR count). The van der Waals surface area contributed by atoms with Crippen LogP contribution in [-0.2, 0) is 13.1 Å². The lowest BCUT2D eigenvalue weighted by Crippen LogP contribution is -2.14. The summed E-state index contributed by atoms with van der Waals surface area (Å²) >= 11 is 1.76. The van der Waals surface area contributed by atoms with Gasteiger partial charge in [0.2, 0.25) is 0 Å². The highest BCUT2D eigenvalue weighted by molar-refractivity contribution is 7.08. The van der Waals surface area contributed by atoms with Gasteiger partial charge in [0, 0.05) is 25.3 Å². The van der Waals surface area contributed by atoms with E-state index >= 15 is 0 Å². The first-order valence-electron chi connectivity index (χ1n) is 6.47. The number of hydrogen-bond donors (Lipinski definition) is 1. The van der Waals surface area contributed by atoms with Crippen molar-refractivity contribution in [1.29, 1.82) is 0 Å². The Morgan fingerprint density at radius 2 is 2.22 bits per heavy atom. The minimum Gasteiger partial charge on any atom is -0.307 e. The summed E-state index contributed by atoms with van der Waals surface area (Å²) in [7, 11) is 0. The fourth-order valence-corrected chi connectivity index (χ4v) is 2.65. The lowest BCUT2D eigenvalue weighted by Gasteiger charge is -2.08. The van der Waals surface area contributed by atoms with Crippen molar-refractivity contribution in [2.24, 2.45) is 0 Å². The molecule has 1 N–H and O–H groups in total. The van der Waals surface area contributed by atoms with E-state index in [1.165, 1.54) is 11.1 Å². The molecule has 0 spiro atoms. The highest BCUT2D eigenvalue weighted by Gasteiger charge is 2.04. The maximum atomic E-state index is 4.58. The van der Waals surface area contributed by atoms with Crippen LogP contribution in [0.15, 0.2) is 23.0 Å². The number of nitrogens with zero attached hydrogens (tertiary/aromatic N) is 2. The standard InChI is InChI=1S/C14H21N3S/c1-4-12(3)17-6-5-14(16-17)8-15-7-13-10-18-9-11(13)2/h5-6,9-10,12,15H,4,7-8H2,1-3H3. The number of rotatable bonds is 6. The molecule has 2 aromatic rings. The van der Waals surface area contributed by atoms with E-state index in [9.17, 15) is 0 Å². The fourth-order valence-electron chi connectivity index (χ4n) is 1.80. The third-order valence-corrected chi connectivity index (χ3v) is 4.20. The van der Waals surface area contributed by atoms with Gasteiger partial charge in [-0.3, -0.25) is 4.68 Å². The van der Waals surface area contributed by atoms with Gasteiger partial charge in [0.1, 0.15) is 0 Å². The highest BCUT2D eigenvalue weighted by Crippen LogP contribution is 2.13. The van der Waals surface area contributed by atoms with Crippen molar-refractivity contribution in [3.8, 4) is 0 Å². The molecule has 0 amide bonds. The van der Waals surface area contributed by atoms with Crippen LogP contribution in [0, 0.1) is 6.92 Å². The van der Waals surface area contributed by atoms with E-state index in [1.54, 1.807) is 11.3 Å². The van der Waals surface area contributed by atoms with Crippen LogP contribution in [-0.4, -0.2) is 9.78 Å². The SMILES string of the molecule is CCC(C)n1ccc(CNCc2cscc2C)n1. The Morgan fingerprint density at radius 3 is 2.89 bits per heavy atom. The van der Waals surface area contributed by atoms with Gasteiger partial charge in [-0.1, -0.05) is 6.92 Å². The van der Waals surface area contributed by atoms with Crippen molar-refractivity contribution in [1.82, 2.24) is 15.1 Å². The van der Waals surface area contributed by atoms with Crippen molar-refractivity contribution >= 4 is 11.3 Å². The van der Waals surface area contributed by atoms with E-state index in [0.717, 1.165) is 25.2 Å². The minimum atomic E-state index is 0.484. The first kappa shape index (κ1) is 13.3. The van der Waals surface area contributed by atoms with Crippen molar-refractivity contribution in [2.45, 2.75) is 46.3 Å². The van der Waals surface area contributed by atoms with Crippen molar-refractivity contribution in [3.63, 3.8) is 0 Å². The van der Waals surface area contributed by atoms with Crippen LogP contribution in [0.25, 0.3) is 0 Å². The van der Waals surface area contributed by atoms with E-state index in [-0.39, 0.29) is 0 Å². The average Bonchev–Trinajstić information content (AvgIpc) is 2.99. The Hall–Kier alpha value is -1.13. The zero-order chi connectivity index (χ0) is 13.0. The fraction of sp³-hybridized carbons (Fsp3) is 0.500. The summed E-state index contributed by atoms with van der Waals surface area (Å²) in [6, 6.07) is 2.58. The molecular weight excluding hydrogens is 242 g/mol. The quantitative estimate of drug-likeness (QED) is 0.864. The number of aromatic nitrogens is 2. The van der Waals surface area contributed by atoms with Gasteiger partial charge in [-0.05, 0) is 48.2 Å². The van der Waals surface area contributed by atoms with Gasteiger partial charge in [0.05, 0.1) is 5.69 Å². The summed E-state index contributed by atoms with van der Waals surface area (Å²) in [6.45, 7) is 8.29. The first-order chi connectivity index (χ1) is 8.70. The van der Waals surface area contributed by atoms with E-state index in [2.05, 4.69) is 54.2 Å². The third kappa shape index (κ3) is 3.21. The lowest BCUT2D eigenvalue weighted by atomic mass is 10.2. The molecule has 0 aliphatic carbocycles. The Morgan fingerprint density at radius 1 is 1.39 bits per heavy atom. The van der Waals surface area contributed by atoms with Gasteiger partial charge >= 0.3 is 0 Å². The van der Waals surface area contributed by atoms with E-state index in [1.807, 2.05) is 4.68 Å². The number of thiophene rings is 1. The second kappa shape index (κ2) is 6.16. The molecule has 1 unspecified atom stereocenters. The largest absolute Gasteiger partial charge is 0.307 e. The molecule has 0 aliphatic heterocycles. The zero-order valence-electron chi connectivity index (χ0n) is 11.3. The number of aryl methyl sites for hydroxylation is 1. The van der Waals surface area contributed by atoms with Crippen LogP contribution in [0.1, 0.15) is 43.1 Å². The van der Waals surface area contributed by atoms with Gasteiger partial charge in [-0.15, -0.1) is 0 Å². The molecule has 18 heavy (non-hydrogen) atoms. The van der Waals surface area contributed by atoms with Gasteiger partial charge in [-0.2, -0.15) is 16.4 Å². The van der Waals surface area contributed by atoms with Crippen LogP contribution in [0.5, 0.6) is 0 Å². The maximum absolute atomic E-state index is 4.58. The summed E-state index contributed by atoms with van der Waals surface area (Å²) in [4.78, 5) is 0. The Bertz CT molecular complexity index is 487. The van der Waals surface area contributed by atoms with Crippen molar-refractivity contribution in [2.75, 3.05) is 0 Å². The van der Waals surface area contributed by atoms with Crippen LogP contribution in [0.2, 0.25) is 0 Å². The molecule has 0 radical (unpaired) electrons. The molecule has 98 valence electrons. The molecule has 2 aromatic heterocycles. The van der Waals surface area contributed by atoms with Gasteiger partial charge in [0.25, 0.3) is 0 Å². The summed E-state index contributed by atoms with van der Waals surface area (Å²) < 4.78 is 2.05. The van der Waals surface area contributed by atoms with Crippen molar-refractivity contribution < 1.29 is 0 Å². The van der Waals surface area contributed by atoms with Gasteiger partial charge < -0.3 is 5.32 Å². The number of nitrogens with one attached hydrogen (secondary N) is 1. The molecule has 0 aliphatic rings. The van der Waals surface area contributed by atoms with Gasteiger partial charge in [0.15, 0.2) is 0 Å². The minimum absolute atomic E-state index is 0.484. The Kier molecular flexibility index (Phi) is 4.55. The molecular formula is C14H21N3S. The summed E-state index contributed by atoms with van der Waals surface area (Å²) in [5.74, 6) is 0. The second-order valence-electron chi connectivity index (χ2n) is 4.73. The lowest BCUT2D eigenvalue weighted by molar-refractivity contribution is 0.471. The molecule has 0 fully saturated rings. The normalized spacial score (nSPS) is 12.8. The third-order valence-electron chi connectivity index (χ3n) is 3.29. The summed E-state index contributed by atoms with van der Waals surface area (Å²) in [5.41, 5.74) is 3.88. The van der Waals surface area contributed by atoms with Crippen LogP contribution in [0.3, 0.4) is 0 Å². The monoisotopic (exact) mass is 263 g/mol. The zero-order valence-corrected chi connectivity index (χ0v) is 12.1. The molecule has 0 aromatic carbocycles. The van der Waals surface area contributed by atoms with Crippen molar-refractivity contribution in [3.05, 3.63) is 39.8 Å². The molecule has 0 bridgehead atoms. The molecule has 0 saturated heterocycles. The summed E-state index contributed by atoms with van der Waals surface area (Å²) in [6.07, 6.45) is 3.18. The average molecular weight is 263 g/mol. The van der Waals surface area contributed by atoms with E-state index in [0.29, 0.717) is 6.04 Å². The number of hydrogen-bond acceptors (Lipinski definition) is 3. The molecule has 4 heteroatoms. The Balaban J connectivity index is 1.83. The molecule has 1 atom stereocenters. The van der Waals surface area contributed by atoms with Gasteiger partial charge in [-0.25, -0.2) is 0 Å². The van der Waals surface area contributed by atoms with E-state index < -0.39 is 0 Å². The van der Waals surface area contributed by atoms with Crippen LogP contribution in [0.4, 0.5) is 0 Å². The molecule has 3 nitrogen and oxygen atoms in total.